The summed E-state index contributed by atoms with van der Waals surface area (Å²) < 4.78 is 5.42. The Kier molecular flexibility index (Phi) is 4.60. The van der Waals surface area contributed by atoms with Crippen LogP contribution < -0.4 is 19.9 Å². The van der Waals surface area contributed by atoms with Crippen molar-refractivity contribution in [1.82, 2.24) is 15.3 Å². The van der Waals surface area contributed by atoms with E-state index < -0.39 is 0 Å². The van der Waals surface area contributed by atoms with Gasteiger partial charge < -0.3 is 25.0 Å². The summed E-state index contributed by atoms with van der Waals surface area (Å²) in [5.74, 6) is 1.29. The lowest BCUT2D eigenvalue weighted by molar-refractivity contribution is 0.376. The summed E-state index contributed by atoms with van der Waals surface area (Å²) in [6.45, 7) is 5.32. The Morgan fingerprint density at radius 2 is 1.86 bits per heavy atom. The van der Waals surface area contributed by atoms with E-state index in [9.17, 15) is 5.11 Å². The van der Waals surface area contributed by atoms with Crippen LogP contribution in [0.25, 0.3) is 10.8 Å². The van der Waals surface area contributed by atoms with Gasteiger partial charge in [0.15, 0.2) is 0 Å². The van der Waals surface area contributed by atoms with E-state index in [0.717, 1.165) is 67.1 Å². The largest absolute Gasteiger partial charge is 0.508 e. The molecule has 0 radical (unpaired) electrons. The number of methoxy groups -OCH3 is 1. The van der Waals surface area contributed by atoms with E-state index >= 15 is 0 Å². The molecule has 29 heavy (non-hydrogen) atoms. The van der Waals surface area contributed by atoms with Crippen LogP contribution in [0.3, 0.4) is 0 Å². The van der Waals surface area contributed by atoms with Gasteiger partial charge in [0.2, 0.25) is 0 Å². The van der Waals surface area contributed by atoms with Crippen molar-refractivity contribution in [3.05, 3.63) is 47.7 Å². The molecule has 3 aromatic rings. The Balaban J connectivity index is 1.54. The Bertz CT molecular complexity index is 1050. The molecular formula is C22H25N5O2. The van der Waals surface area contributed by atoms with Gasteiger partial charge in [-0.25, -0.2) is 0 Å². The number of ether oxygens (including phenoxy) is 1. The first-order chi connectivity index (χ1) is 14.2. The SMILES string of the molecule is COc1nc2c(c(N3CCNCC3)n1)CCN(c1cc(O)cc3ccccc13)C2. The van der Waals surface area contributed by atoms with Gasteiger partial charge in [-0.3, -0.25) is 0 Å². The van der Waals surface area contributed by atoms with Crippen molar-refractivity contribution >= 4 is 22.3 Å². The Labute approximate surface area is 169 Å². The summed E-state index contributed by atoms with van der Waals surface area (Å²) in [6.07, 6.45) is 0.864. The second-order valence-electron chi connectivity index (χ2n) is 7.55. The molecule has 1 saturated heterocycles. The predicted octanol–water partition coefficient (Wildman–Crippen LogP) is 2.32. The zero-order valence-corrected chi connectivity index (χ0v) is 16.6. The molecule has 2 aliphatic heterocycles. The molecule has 3 heterocycles. The molecule has 0 bridgehead atoms. The molecule has 5 rings (SSSR count). The van der Waals surface area contributed by atoms with Crippen molar-refractivity contribution in [3.8, 4) is 11.8 Å². The van der Waals surface area contributed by atoms with Crippen molar-refractivity contribution in [2.75, 3.05) is 49.6 Å². The van der Waals surface area contributed by atoms with Crippen LogP contribution in [0.1, 0.15) is 11.3 Å². The number of hydrogen-bond acceptors (Lipinski definition) is 7. The van der Waals surface area contributed by atoms with Gasteiger partial charge in [0.1, 0.15) is 11.6 Å². The number of hydrogen-bond donors (Lipinski definition) is 2. The minimum Gasteiger partial charge on any atom is -0.508 e. The van der Waals surface area contributed by atoms with Crippen molar-refractivity contribution in [3.63, 3.8) is 0 Å². The van der Waals surface area contributed by atoms with Crippen LogP contribution >= 0.6 is 0 Å². The van der Waals surface area contributed by atoms with E-state index in [-0.39, 0.29) is 5.75 Å². The minimum atomic E-state index is 0.284. The molecule has 0 saturated carbocycles. The molecule has 2 aliphatic rings. The number of fused-ring (bicyclic) bond motifs is 2. The second-order valence-corrected chi connectivity index (χ2v) is 7.55. The fourth-order valence-corrected chi connectivity index (χ4v) is 4.36. The molecule has 1 aromatic heterocycles. The van der Waals surface area contributed by atoms with E-state index in [1.165, 1.54) is 5.56 Å². The van der Waals surface area contributed by atoms with Crippen LogP contribution in [-0.4, -0.2) is 54.9 Å². The van der Waals surface area contributed by atoms with E-state index in [4.69, 9.17) is 9.72 Å². The molecule has 2 aromatic carbocycles. The maximum atomic E-state index is 10.2. The normalized spacial score (nSPS) is 16.7. The van der Waals surface area contributed by atoms with E-state index in [0.29, 0.717) is 12.6 Å². The smallest absolute Gasteiger partial charge is 0.318 e. The average Bonchev–Trinajstić information content (AvgIpc) is 2.77. The van der Waals surface area contributed by atoms with Crippen LogP contribution in [0.2, 0.25) is 0 Å². The van der Waals surface area contributed by atoms with Crippen LogP contribution in [-0.2, 0) is 13.0 Å². The third-order valence-electron chi connectivity index (χ3n) is 5.79. The van der Waals surface area contributed by atoms with Crippen molar-refractivity contribution in [2.24, 2.45) is 0 Å². The lowest BCUT2D eigenvalue weighted by Gasteiger charge is -2.35. The topological polar surface area (TPSA) is 73.8 Å². The monoisotopic (exact) mass is 391 g/mol. The molecule has 0 atom stereocenters. The molecule has 1 fully saturated rings. The van der Waals surface area contributed by atoms with E-state index in [1.54, 1.807) is 7.11 Å². The molecule has 0 spiro atoms. The highest BCUT2D eigenvalue weighted by atomic mass is 16.5. The lowest BCUT2D eigenvalue weighted by atomic mass is 10.0. The third-order valence-corrected chi connectivity index (χ3v) is 5.79. The highest BCUT2D eigenvalue weighted by Crippen LogP contribution is 2.36. The molecule has 2 N–H and O–H groups in total. The molecule has 0 aliphatic carbocycles. The van der Waals surface area contributed by atoms with E-state index in [1.807, 2.05) is 30.3 Å². The number of aromatic nitrogens is 2. The van der Waals surface area contributed by atoms with Crippen LogP contribution in [0.4, 0.5) is 11.5 Å². The number of rotatable bonds is 3. The molecule has 7 heteroatoms. The fourth-order valence-electron chi connectivity index (χ4n) is 4.36. The van der Waals surface area contributed by atoms with Gasteiger partial charge in [-0.1, -0.05) is 24.3 Å². The van der Waals surface area contributed by atoms with Gasteiger partial charge >= 0.3 is 6.01 Å². The summed E-state index contributed by atoms with van der Waals surface area (Å²) in [7, 11) is 1.62. The summed E-state index contributed by atoms with van der Waals surface area (Å²) >= 11 is 0. The second kappa shape index (κ2) is 7.40. The maximum Gasteiger partial charge on any atom is 0.318 e. The number of phenols is 1. The fraction of sp³-hybridized carbons (Fsp3) is 0.364. The predicted molar refractivity (Wildman–Crippen MR) is 114 cm³/mol. The number of benzene rings is 2. The zero-order valence-electron chi connectivity index (χ0n) is 16.6. The summed E-state index contributed by atoms with van der Waals surface area (Å²) in [5, 5.41) is 15.8. The standard InChI is InChI=1S/C22H25N5O2/c1-29-22-24-19-14-27(20-13-16(28)12-15-4-2-3-5-17(15)20)9-6-18(19)21(25-22)26-10-7-23-8-11-26/h2-5,12-13,23,28H,6-11,14H2,1H3. The third kappa shape index (κ3) is 3.31. The maximum absolute atomic E-state index is 10.2. The van der Waals surface area contributed by atoms with Crippen molar-refractivity contribution in [1.29, 1.82) is 0 Å². The molecule has 0 amide bonds. The summed E-state index contributed by atoms with van der Waals surface area (Å²) in [4.78, 5) is 14.0. The van der Waals surface area contributed by atoms with Crippen LogP contribution in [0.15, 0.2) is 36.4 Å². The van der Waals surface area contributed by atoms with Crippen LogP contribution in [0, 0.1) is 0 Å². The van der Waals surface area contributed by atoms with Crippen molar-refractivity contribution in [2.45, 2.75) is 13.0 Å². The number of piperazine rings is 1. The number of anilines is 2. The number of nitrogens with zero attached hydrogens (tertiary/aromatic N) is 4. The van der Waals surface area contributed by atoms with Gasteiger partial charge in [0.25, 0.3) is 0 Å². The molecular weight excluding hydrogens is 366 g/mol. The number of nitrogens with one attached hydrogen (secondary N) is 1. The Hall–Kier alpha value is -3.06. The molecule has 150 valence electrons. The minimum absolute atomic E-state index is 0.284. The van der Waals surface area contributed by atoms with Gasteiger partial charge in [-0.15, -0.1) is 0 Å². The zero-order chi connectivity index (χ0) is 19.8. The van der Waals surface area contributed by atoms with Gasteiger partial charge in [0, 0.05) is 55.4 Å². The summed E-state index contributed by atoms with van der Waals surface area (Å²) in [5.41, 5.74) is 3.25. The highest BCUT2D eigenvalue weighted by Gasteiger charge is 2.27. The summed E-state index contributed by atoms with van der Waals surface area (Å²) in [6, 6.07) is 12.2. The Morgan fingerprint density at radius 3 is 2.69 bits per heavy atom. The molecule has 0 unspecified atom stereocenters. The van der Waals surface area contributed by atoms with Gasteiger partial charge in [-0.05, 0) is 17.9 Å². The highest BCUT2D eigenvalue weighted by molar-refractivity contribution is 5.95. The van der Waals surface area contributed by atoms with Gasteiger partial charge in [-0.2, -0.15) is 9.97 Å². The number of phenolic OH excluding ortho intramolecular Hbond substituents is 1. The first-order valence-corrected chi connectivity index (χ1v) is 10.1. The quantitative estimate of drug-likeness (QED) is 0.710. The number of aromatic hydroxyl groups is 1. The van der Waals surface area contributed by atoms with Crippen LogP contribution in [0.5, 0.6) is 11.8 Å². The first kappa shape index (κ1) is 18.0. The lowest BCUT2D eigenvalue weighted by Crippen LogP contribution is -2.45. The molecule has 7 nitrogen and oxygen atoms in total. The van der Waals surface area contributed by atoms with E-state index in [2.05, 4.69) is 26.2 Å². The first-order valence-electron chi connectivity index (χ1n) is 10.1. The average molecular weight is 391 g/mol. The van der Waals surface area contributed by atoms with Gasteiger partial charge in [0.05, 0.1) is 19.3 Å². The Morgan fingerprint density at radius 1 is 1.03 bits per heavy atom. The van der Waals surface area contributed by atoms with Crippen molar-refractivity contribution < 1.29 is 9.84 Å².